The van der Waals surface area contributed by atoms with Crippen molar-refractivity contribution >= 4 is 0 Å². The first kappa shape index (κ1) is 12.0. The highest BCUT2D eigenvalue weighted by Gasteiger charge is 2.21. The third kappa shape index (κ3) is 4.76. The summed E-state index contributed by atoms with van der Waals surface area (Å²) in [6, 6.07) is 0.352. The van der Waals surface area contributed by atoms with Crippen LogP contribution in [-0.2, 0) is 0 Å². The molecule has 0 amide bonds. The minimum atomic E-state index is 0.352. The summed E-state index contributed by atoms with van der Waals surface area (Å²) in [5, 5.41) is 0. The molecule has 0 saturated carbocycles. The normalized spacial score (nSPS) is 18.0. The lowest BCUT2D eigenvalue weighted by molar-refractivity contribution is 0.255. The quantitative estimate of drug-likeness (QED) is 0.694. The Kier molecular flexibility index (Phi) is 4.25. The average molecular weight is 171 g/mol. The summed E-state index contributed by atoms with van der Waals surface area (Å²) in [5.74, 6) is 1.33. The highest BCUT2D eigenvalue weighted by Crippen LogP contribution is 2.25. The maximum Gasteiger partial charge on any atom is 0.00719 e. The van der Waals surface area contributed by atoms with Crippen molar-refractivity contribution in [2.24, 2.45) is 23.0 Å². The van der Waals surface area contributed by atoms with Crippen LogP contribution in [0.3, 0.4) is 0 Å². The van der Waals surface area contributed by atoms with Crippen LogP contribution in [0.25, 0.3) is 0 Å². The van der Waals surface area contributed by atoms with Gasteiger partial charge < -0.3 is 5.73 Å². The molecule has 0 aliphatic heterocycles. The molecule has 12 heavy (non-hydrogen) atoms. The second-order valence-electron chi connectivity index (χ2n) is 5.53. The van der Waals surface area contributed by atoms with Crippen LogP contribution >= 0.6 is 0 Å². The maximum absolute atomic E-state index is 6.10. The van der Waals surface area contributed by atoms with Crippen molar-refractivity contribution in [3.8, 4) is 0 Å². The Morgan fingerprint density at radius 3 is 1.75 bits per heavy atom. The summed E-state index contributed by atoms with van der Waals surface area (Å²) < 4.78 is 0. The van der Waals surface area contributed by atoms with Crippen molar-refractivity contribution in [2.45, 2.75) is 54.0 Å². The molecule has 0 bridgehead atoms. The molecular weight excluding hydrogens is 146 g/mol. The van der Waals surface area contributed by atoms with E-state index in [4.69, 9.17) is 5.73 Å². The van der Waals surface area contributed by atoms with Gasteiger partial charge in [-0.25, -0.2) is 0 Å². The zero-order valence-corrected chi connectivity index (χ0v) is 9.52. The van der Waals surface area contributed by atoms with Gasteiger partial charge in [0, 0.05) is 6.04 Å². The van der Waals surface area contributed by atoms with Gasteiger partial charge in [-0.3, -0.25) is 0 Å². The van der Waals surface area contributed by atoms with Crippen LogP contribution in [0.1, 0.15) is 48.0 Å². The number of rotatable bonds is 3. The Bertz CT molecular complexity index is 121. The van der Waals surface area contributed by atoms with Gasteiger partial charge in [0.05, 0.1) is 0 Å². The van der Waals surface area contributed by atoms with E-state index in [2.05, 4.69) is 41.5 Å². The maximum atomic E-state index is 6.10. The molecule has 0 aliphatic rings. The van der Waals surface area contributed by atoms with Crippen molar-refractivity contribution < 1.29 is 0 Å². The van der Waals surface area contributed by atoms with Gasteiger partial charge in [0.25, 0.3) is 0 Å². The van der Waals surface area contributed by atoms with E-state index in [-0.39, 0.29) is 0 Å². The molecule has 1 nitrogen and oxygen atoms in total. The van der Waals surface area contributed by atoms with Crippen molar-refractivity contribution in [2.75, 3.05) is 0 Å². The number of nitrogens with two attached hydrogens (primary N) is 1. The van der Waals surface area contributed by atoms with Crippen LogP contribution in [0, 0.1) is 17.3 Å². The molecule has 0 aromatic rings. The van der Waals surface area contributed by atoms with E-state index >= 15 is 0 Å². The Hall–Kier alpha value is -0.0400. The largest absolute Gasteiger partial charge is 0.327 e. The standard InChI is InChI=1S/C11H25N/c1-8(2)9(3)10(12)7-11(4,5)6/h8-10H,7,12H2,1-6H3/t9?,10-/m0/s1. The summed E-state index contributed by atoms with van der Waals surface area (Å²) in [5.41, 5.74) is 6.47. The predicted octanol–water partition coefficient (Wildman–Crippen LogP) is 3.04. The molecule has 2 N–H and O–H groups in total. The van der Waals surface area contributed by atoms with Crippen LogP contribution in [0.5, 0.6) is 0 Å². The Labute approximate surface area is 77.7 Å². The monoisotopic (exact) mass is 171 g/mol. The van der Waals surface area contributed by atoms with Crippen molar-refractivity contribution in [3.63, 3.8) is 0 Å². The van der Waals surface area contributed by atoms with E-state index < -0.39 is 0 Å². The molecule has 0 heterocycles. The molecule has 0 aliphatic carbocycles. The van der Waals surface area contributed by atoms with Gasteiger partial charge in [-0.05, 0) is 23.7 Å². The lowest BCUT2D eigenvalue weighted by atomic mass is 9.80. The van der Waals surface area contributed by atoms with Gasteiger partial charge in [0.2, 0.25) is 0 Å². The fourth-order valence-electron chi connectivity index (χ4n) is 1.39. The van der Waals surface area contributed by atoms with Gasteiger partial charge >= 0.3 is 0 Å². The van der Waals surface area contributed by atoms with Gasteiger partial charge in [0.15, 0.2) is 0 Å². The van der Waals surface area contributed by atoms with E-state index in [1.54, 1.807) is 0 Å². The summed E-state index contributed by atoms with van der Waals surface area (Å²) in [4.78, 5) is 0. The summed E-state index contributed by atoms with van der Waals surface area (Å²) in [6.45, 7) is 13.5. The van der Waals surface area contributed by atoms with Crippen LogP contribution in [0.15, 0.2) is 0 Å². The van der Waals surface area contributed by atoms with Crippen molar-refractivity contribution in [1.29, 1.82) is 0 Å². The first-order valence-electron chi connectivity index (χ1n) is 4.99. The minimum absolute atomic E-state index is 0.352. The van der Waals surface area contributed by atoms with Crippen LogP contribution < -0.4 is 5.73 Å². The molecule has 0 aromatic carbocycles. The predicted molar refractivity (Wildman–Crippen MR) is 56.0 cm³/mol. The number of hydrogen-bond acceptors (Lipinski definition) is 1. The molecular formula is C11H25N. The van der Waals surface area contributed by atoms with Crippen LogP contribution in [0.2, 0.25) is 0 Å². The van der Waals surface area contributed by atoms with E-state index in [0.29, 0.717) is 23.3 Å². The summed E-state index contributed by atoms with van der Waals surface area (Å²) in [7, 11) is 0. The zero-order valence-electron chi connectivity index (χ0n) is 9.52. The number of hydrogen-bond donors (Lipinski definition) is 1. The lowest BCUT2D eigenvalue weighted by Gasteiger charge is -2.29. The van der Waals surface area contributed by atoms with Crippen molar-refractivity contribution in [3.05, 3.63) is 0 Å². The van der Waals surface area contributed by atoms with E-state index in [0.717, 1.165) is 6.42 Å². The minimum Gasteiger partial charge on any atom is -0.327 e. The molecule has 74 valence electrons. The highest BCUT2D eigenvalue weighted by molar-refractivity contribution is 4.77. The topological polar surface area (TPSA) is 26.0 Å². The SMILES string of the molecule is CC(C)C(C)[C@@H](N)CC(C)(C)C. The third-order valence-electron chi connectivity index (χ3n) is 2.57. The molecule has 0 fully saturated rings. The van der Waals surface area contributed by atoms with E-state index in [9.17, 15) is 0 Å². The van der Waals surface area contributed by atoms with Crippen LogP contribution in [-0.4, -0.2) is 6.04 Å². The highest BCUT2D eigenvalue weighted by atomic mass is 14.7. The van der Waals surface area contributed by atoms with E-state index in [1.165, 1.54) is 0 Å². The molecule has 0 saturated heterocycles. The van der Waals surface area contributed by atoms with Gasteiger partial charge in [-0.2, -0.15) is 0 Å². The zero-order chi connectivity index (χ0) is 9.94. The Balaban J connectivity index is 3.95. The van der Waals surface area contributed by atoms with E-state index in [1.807, 2.05) is 0 Å². The summed E-state index contributed by atoms with van der Waals surface area (Å²) >= 11 is 0. The molecule has 1 heteroatoms. The fourth-order valence-corrected chi connectivity index (χ4v) is 1.39. The molecule has 1 unspecified atom stereocenters. The first-order valence-corrected chi connectivity index (χ1v) is 4.99. The Morgan fingerprint density at radius 1 is 1.08 bits per heavy atom. The lowest BCUT2D eigenvalue weighted by Crippen LogP contribution is -2.35. The molecule has 2 atom stereocenters. The first-order chi connectivity index (χ1) is 5.24. The van der Waals surface area contributed by atoms with Gasteiger partial charge in [-0.1, -0.05) is 41.5 Å². The van der Waals surface area contributed by atoms with Crippen molar-refractivity contribution in [1.82, 2.24) is 0 Å². The molecule has 0 rings (SSSR count). The molecule has 0 radical (unpaired) electrons. The third-order valence-corrected chi connectivity index (χ3v) is 2.57. The smallest absolute Gasteiger partial charge is 0.00719 e. The van der Waals surface area contributed by atoms with Gasteiger partial charge in [-0.15, -0.1) is 0 Å². The second kappa shape index (κ2) is 4.27. The molecule has 0 aromatic heterocycles. The fraction of sp³-hybridized carbons (Fsp3) is 1.00. The average Bonchev–Trinajstić information content (AvgIpc) is 1.82. The second-order valence-corrected chi connectivity index (χ2v) is 5.53. The van der Waals surface area contributed by atoms with Crippen LogP contribution in [0.4, 0.5) is 0 Å². The summed E-state index contributed by atoms with van der Waals surface area (Å²) in [6.07, 6.45) is 1.12. The Morgan fingerprint density at radius 2 is 1.50 bits per heavy atom. The molecule has 0 spiro atoms. The van der Waals surface area contributed by atoms with Gasteiger partial charge in [0.1, 0.15) is 0 Å².